The molecule has 7 nitrogen and oxygen atoms in total. The number of nitrogens with zero attached hydrogens (tertiary/aromatic N) is 5. The predicted molar refractivity (Wildman–Crippen MR) is 91.4 cm³/mol. The Labute approximate surface area is 137 Å². The van der Waals surface area contributed by atoms with E-state index in [9.17, 15) is 4.79 Å². The Kier molecular flexibility index (Phi) is 5.76. The van der Waals surface area contributed by atoms with E-state index < -0.39 is 0 Å². The van der Waals surface area contributed by atoms with E-state index in [1.165, 1.54) is 0 Å². The summed E-state index contributed by atoms with van der Waals surface area (Å²) in [7, 11) is 4.06. The van der Waals surface area contributed by atoms with Crippen molar-refractivity contribution < 1.29 is 4.79 Å². The van der Waals surface area contributed by atoms with Crippen molar-refractivity contribution in [1.29, 1.82) is 0 Å². The Morgan fingerprint density at radius 1 is 1.39 bits per heavy atom. The molecule has 0 atom stereocenters. The fraction of sp³-hybridized carbons (Fsp3) is 0.688. The monoisotopic (exact) mass is 320 g/mol. The molecule has 0 aliphatic heterocycles. The van der Waals surface area contributed by atoms with Crippen LogP contribution in [0.2, 0.25) is 0 Å². The second-order valence-electron chi connectivity index (χ2n) is 6.48. The van der Waals surface area contributed by atoms with Gasteiger partial charge in [0, 0.05) is 19.0 Å². The fourth-order valence-electron chi connectivity index (χ4n) is 2.66. The minimum absolute atomic E-state index is 0.0707. The van der Waals surface area contributed by atoms with E-state index in [1.807, 2.05) is 36.6 Å². The standard InChI is InChI=1S/C16H28N6O/c1-12(2)22-14-11-18-21(16(14)13(3)19-22)10-7-15(23)17-8-6-9-20(4)5/h11-12H,6-10H2,1-5H3,(H,17,23). The van der Waals surface area contributed by atoms with E-state index in [-0.39, 0.29) is 5.91 Å². The van der Waals surface area contributed by atoms with Gasteiger partial charge in [0.1, 0.15) is 11.0 Å². The molecule has 1 N–H and O–H groups in total. The van der Waals surface area contributed by atoms with Crippen molar-refractivity contribution in [2.45, 2.75) is 46.2 Å². The van der Waals surface area contributed by atoms with Crippen molar-refractivity contribution in [2.24, 2.45) is 0 Å². The van der Waals surface area contributed by atoms with Gasteiger partial charge in [-0.1, -0.05) is 0 Å². The van der Waals surface area contributed by atoms with Crippen molar-refractivity contribution in [3.8, 4) is 0 Å². The fourth-order valence-corrected chi connectivity index (χ4v) is 2.66. The first-order valence-electron chi connectivity index (χ1n) is 8.22. The van der Waals surface area contributed by atoms with Gasteiger partial charge in [0.25, 0.3) is 0 Å². The van der Waals surface area contributed by atoms with Crippen LogP contribution in [0.3, 0.4) is 0 Å². The summed E-state index contributed by atoms with van der Waals surface area (Å²) < 4.78 is 3.87. The summed E-state index contributed by atoms with van der Waals surface area (Å²) in [5.74, 6) is 0.0707. The zero-order valence-corrected chi connectivity index (χ0v) is 14.8. The van der Waals surface area contributed by atoms with E-state index >= 15 is 0 Å². The normalized spacial score (nSPS) is 11.8. The number of carbonyl (C=O) groups is 1. The number of rotatable bonds is 8. The summed E-state index contributed by atoms with van der Waals surface area (Å²) in [5.41, 5.74) is 3.01. The van der Waals surface area contributed by atoms with Gasteiger partial charge in [-0.25, -0.2) is 0 Å². The summed E-state index contributed by atoms with van der Waals surface area (Å²) in [6.07, 6.45) is 3.24. The van der Waals surface area contributed by atoms with E-state index in [1.54, 1.807) is 0 Å². The SMILES string of the molecule is Cc1nn(C(C)C)c2cnn(CCC(=O)NCCCN(C)C)c12. The van der Waals surface area contributed by atoms with Crippen LogP contribution >= 0.6 is 0 Å². The molecule has 23 heavy (non-hydrogen) atoms. The van der Waals surface area contributed by atoms with E-state index in [0.717, 1.165) is 36.2 Å². The van der Waals surface area contributed by atoms with Crippen LogP contribution in [0.15, 0.2) is 6.20 Å². The zero-order chi connectivity index (χ0) is 17.0. The van der Waals surface area contributed by atoms with Crippen LogP contribution in [0.5, 0.6) is 0 Å². The highest BCUT2D eigenvalue weighted by Crippen LogP contribution is 2.21. The maximum absolute atomic E-state index is 11.9. The Morgan fingerprint density at radius 3 is 2.78 bits per heavy atom. The number of fused-ring (bicyclic) bond motifs is 1. The number of nitrogens with one attached hydrogen (secondary N) is 1. The van der Waals surface area contributed by atoms with E-state index in [4.69, 9.17) is 0 Å². The molecule has 0 radical (unpaired) electrons. The van der Waals surface area contributed by atoms with Gasteiger partial charge in [-0.05, 0) is 47.8 Å². The predicted octanol–water partition coefficient (Wildman–Crippen LogP) is 1.58. The number of aryl methyl sites for hydroxylation is 2. The van der Waals surface area contributed by atoms with Crippen LogP contribution < -0.4 is 5.32 Å². The third-order valence-electron chi connectivity index (χ3n) is 3.81. The van der Waals surface area contributed by atoms with Crippen LogP contribution in [-0.4, -0.2) is 57.6 Å². The number of hydrogen-bond donors (Lipinski definition) is 1. The molecule has 0 saturated carbocycles. The zero-order valence-electron chi connectivity index (χ0n) is 14.8. The van der Waals surface area contributed by atoms with Gasteiger partial charge in [0.2, 0.25) is 5.91 Å². The third kappa shape index (κ3) is 4.31. The van der Waals surface area contributed by atoms with Crippen molar-refractivity contribution in [1.82, 2.24) is 29.8 Å². The van der Waals surface area contributed by atoms with Crippen molar-refractivity contribution in [3.63, 3.8) is 0 Å². The molecule has 7 heteroatoms. The Balaban J connectivity index is 1.91. The lowest BCUT2D eigenvalue weighted by Crippen LogP contribution is -2.27. The molecule has 1 amide bonds. The molecule has 0 spiro atoms. The van der Waals surface area contributed by atoms with Crippen LogP contribution in [0.4, 0.5) is 0 Å². The maximum atomic E-state index is 11.9. The molecule has 0 saturated heterocycles. The van der Waals surface area contributed by atoms with Crippen LogP contribution in [0.1, 0.15) is 38.4 Å². The number of carbonyl (C=O) groups excluding carboxylic acids is 1. The lowest BCUT2D eigenvalue weighted by Gasteiger charge is -2.10. The van der Waals surface area contributed by atoms with Gasteiger partial charge in [-0.2, -0.15) is 10.2 Å². The quantitative estimate of drug-likeness (QED) is 0.750. The molecule has 2 aromatic rings. The minimum atomic E-state index is 0.0707. The minimum Gasteiger partial charge on any atom is -0.356 e. The average molecular weight is 320 g/mol. The van der Waals surface area contributed by atoms with Crippen molar-refractivity contribution in [3.05, 3.63) is 11.9 Å². The summed E-state index contributed by atoms with van der Waals surface area (Å²) in [5, 5.41) is 11.9. The Bertz CT molecular complexity index is 655. The van der Waals surface area contributed by atoms with Gasteiger partial charge in [-0.15, -0.1) is 0 Å². The number of aromatic nitrogens is 4. The summed E-state index contributed by atoms with van der Waals surface area (Å²) in [6.45, 7) is 8.46. The van der Waals surface area contributed by atoms with Crippen LogP contribution in [0, 0.1) is 6.92 Å². The first-order valence-corrected chi connectivity index (χ1v) is 8.22. The van der Waals surface area contributed by atoms with E-state index in [0.29, 0.717) is 19.0 Å². The molecule has 128 valence electrons. The lowest BCUT2D eigenvalue weighted by atomic mass is 10.3. The molecule has 0 unspecified atom stereocenters. The van der Waals surface area contributed by atoms with Crippen molar-refractivity contribution in [2.75, 3.05) is 27.2 Å². The average Bonchev–Trinajstić information content (AvgIpc) is 3.03. The molecule has 2 heterocycles. The molecule has 0 bridgehead atoms. The Hall–Kier alpha value is -1.89. The highest BCUT2D eigenvalue weighted by Gasteiger charge is 2.15. The molecule has 0 aromatic carbocycles. The Morgan fingerprint density at radius 2 is 2.13 bits per heavy atom. The van der Waals surface area contributed by atoms with Gasteiger partial charge in [0.15, 0.2) is 0 Å². The highest BCUT2D eigenvalue weighted by atomic mass is 16.1. The van der Waals surface area contributed by atoms with Crippen LogP contribution in [0.25, 0.3) is 11.0 Å². The molecular formula is C16H28N6O. The third-order valence-corrected chi connectivity index (χ3v) is 3.81. The lowest BCUT2D eigenvalue weighted by molar-refractivity contribution is -0.121. The highest BCUT2D eigenvalue weighted by molar-refractivity contribution is 5.78. The molecule has 0 aliphatic rings. The van der Waals surface area contributed by atoms with Gasteiger partial charge in [0.05, 0.1) is 18.4 Å². The van der Waals surface area contributed by atoms with Gasteiger partial charge >= 0.3 is 0 Å². The summed E-state index contributed by atoms with van der Waals surface area (Å²) in [4.78, 5) is 14.0. The molecule has 0 aliphatic carbocycles. The molecule has 2 aromatic heterocycles. The number of amides is 1. The first-order chi connectivity index (χ1) is 10.9. The summed E-state index contributed by atoms with van der Waals surface area (Å²) in [6, 6.07) is 0.295. The summed E-state index contributed by atoms with van der Waals surface area (Å²) >= 11 is 0. The molecule has 0 fully saturated rings. The molecule has 2 rings (SSSR count). The smallest absolute Gasteiger partial charge is 0.221 e. The van der Waals surface area contributed by atoms with E-state index in [2.05, 4.69) is 34.3 Å². The van der Waals surface area contributed by atoms with Crippen LogP contribution in [-0.2, 0) is 11.3 Å². The maximum Gasteiger partial charge on any atom is 0.221 e. The van der Waals surface area contributed by atoms with Gasteiger partial charge in [-0.3, -0.25) is 14.2 Å². The second kappa shape index (κ2) is 7.59. The van der Waals surface area contributed by atoms with Crippen molar-refractivity contribution >= 4 is 16.9 Å². The first kappa shape index (κ1) is 17.5. The molecular weight excluding hydrogens is 292 g/mol. The second-order valence-corrected chi connectivity index (χ2v) is 6.48. The number of hydrogen-bond acceptors (Lipinski definition) is 4. The topological polar surface area (TPSA) is 68.0 Å². The van der Waals surface area contributed by atoms with Gasteiger partial charge < -0.3 is 10.2 Å². The largest absolute Gasteiger partial charge is 0.356 e.